The van der Waals surface area contributed by atoms with Crippen molar-refractivity contribution < 1.29 is 9.53 Å². The molecule has 0 aromatic heterocycles. The summed E-state index contributed by atoms with van der Waals surface area (Å²) in [5.74, 6) is -0.0497. The maximum atomic E-state index is 11.7. The number of esters is 1. The number of aliphatic imine (C=N–C) groups is 1. The average molecular weight is 265 g/mol. The van der Waals surface area contributed by atoms with Crippen molar-refractivity contribution in [1.29, 1.82) is 0 Å². The van der Waals surface area contributed by atoms with Crippen molar-refractivity contribution in [2.24, 2.45) is 22.2 Å². The van der Waals surface area contributed by atoms with Gasteiger partial charge in [-0.15, -0.1) is 0 Å². The number of nitrogens with zero attached hydrogens (tertiary/aromatic N) is 1. The molecule has 0 saturated heterocycles. The molecule has 7 nitrogen and oxygen atoms in total. The minimum absolute atomic E-state index is 0.0259. The van der Waals surface area contributed by atoms with Gasteiger partial charge in [-0.1, -0.05) is 0 Å². The first-order chi connectivity index (χ1) is 8.99. The van der Waals surface area contributed by atoms with Crippen LogP contribution in [0.5, 0.6) is 5.75 Å². The number of hydrogen-bond donors (Lipinski definition) is 4. The summed E-state index contributed by atoms with van der Waals surface area (Å²) in [5, 5.41) is 0. The van der Waals surface area contributed by atoms with Crippen LogP contribution in [0.1, 0.15) is 12.8 Å². The minimum atomic E-state index is -0.702. The van der Waals surface area contributed by atoms with Gasteiger partial charge in [0.2, 0.25) is 0 Å². The normalized spacial score (nSPS) is 11.6. The first-order valence-corrected chi connectivity index (χ1v) is 5.87. The van der Waals surface area contributed by atoms with Gasteiger partial charge in [0.05, 0.1) is 0 Å². The highest BCUT2D eigenvalue weighted by atomic mass is 16.5. The third-order valence-corrected chi connectivity index (χ3v) is 2.37. The fourth-order valence-corrected chi connectivity index (χ4v) is 1.36. The standard InChI is InChI=1S/C12H19N5O2/c13-8-3-5-9(6-4-8)19-11(18)10(14)2-1-7-17-12(15)16/h3-6,10H,1-2,7,13-14H2,(H4,15,16,17)/t10-/m0/s1. The van der Waals surface area contributed by atoms with Gasteiger partial charge in [-0.05, 0) is 37.1 Å². The zero-order valence-corrected chi connectivity index (χ0v) is 10.6. The van der Waals surface area contributed by atoms with Gasteiger partial charge >= 0.3 is 5.97 Å². The van der Waals surface area contributed by atoms with E-state index in [4.69, 9.17) is 27.7 Å². The second kappa shape index (κ2) is 7.22. The van der Waals surface area contributed by atoms with E-state index in [2.05, 4.69) is 4.99 Å². The maximum absolute atomic E-state index is 11.7. The lowest BCUT2D eigenvalue weighted by Crippen LogP contribution is -2.34. The first-order valence-electron chi connectivity index (χ1n) is 5.87. The molecule has 0 aliphatic carbocycles. The average Bonchev–Trinajstić information content (AvgIpc) is 2.36. The van der Waals surface area contributed by atoms with Crippen molar-refractivity contribution in [2.45, 2.75) is 18.9 Å². The van der Waals surface area contributed by atoms with Crippen molar-refractivity contribution in [3.63, 3.8) is 0 Å². The number of guanidine groups is 1. The van der Waals surface area contributed by atoms with Crippen molar-refractivity contribution in [2.75, 3.05) is 12.3 Å². The first kappa shape index (κ1) is 14.8. The van der Waals surface area contributed by atoms with Gasteiger partial charge < -0.3 is 27.7 Å². The van der Waals surface area contributed by atoms with E-state index >= 15 is 0 Å². The second-order valence-electron chi connectivity index (χ2n) is 4.05. The highest BCUT2D eigenvalue weighted by Crippen LogP contribution is 2.14. The topological polar surface area (TPSA) is 143 Å². The number of nitrogens with two attached hydrogens (primary N) is 4. The van der Waals surface area contributed by atoms with Crippen molar-refractivity contribution in [1.82, 2.24) is 0 Å². The van der Waals surface area contributed by atoms with E-state index in [0.717, 1.165) is 0 Å². The van der Waals surface area contributed by atoms with E-state index in [9.17, 15) is 4.79 Å². The molecule has 104 valence electrons. The zero-order chi connectivity index (χ0) is 14.3. The molecule has 1 rings (SSSR count). The summed E-state index contributed by atoms with van der Waals surface area (Å²) in [6, 6.07) is 5.81. The largest absolute Gasteiger partial charge is 0.425 e. The molecule has 7 heteroatoms. The quantitative estimate of drug-likeness (QED) is 0.137. The molecule has 0 saturated carbocycles. The van der Waals surface area contributed by atoms with Crippen LogP contribution in [0.15, 0.2) is 29.3 Å². The molecule has 0 bridgehead atoms. The molecule has 0 unspecified atom stereocenters. The van der Waals surface area contributed by atoms with Gasteiger partial charge in [-0.2, -0.15) is 0 Å². The summed E-state index contributed by atoms with van der Waals surface area (Å²) < 4.78 is 5.10. The van der Waals surface area contributed by atoms with Crippen LogP contribution >= 0.6 is 0 Å². The zero-order valence-electron chi connectivity index (χ0n) is 10.6. The minimum Gasteiger partial charge on any atom is -0.425 e. The van der Waals surface area contributed by atoms with Crippen LogP contribution in [-0.4, -0.2) is 24.5 Å². The van der Waals surface area contributed by atoms with Crippen LogP contribution in [0.2, 0.25) is 0 Å². The van der Waals surface area contributed by atoms with E-state index in [1.54, 1.807) is 24.3 Å². The van der Waals surface area contributed by atoms with E-state index in [1.807, 2.05) is 0 Å². The molecule has 0 spiro atoms. The van der Waals surface area contributed by atoms with Gasteiger partial charge in [0.1, 0.15) is 11.8 Å². The molecule has 0 heterocycles. The molecule has 0 aliphatic rings. The molecule has 0 fully saturated rings. The molecule has 1 atom stereocenters. The monoisotopic (exact) mass is 265 g/mol. The van der Waals surface area contributed by atoms with E-state index < -0.39 is 12.0 Å². The number of ether oxygens (including phenoxy) is 1. The van der Waals surface area contributed by atoms with E-state index in [-0.39, 0.29) is 5.96 Å². The number of nitrogen functional groups attached to an aromatic ring is 1. The maximum Gasteiger partial charge on any atom is 0.328 e. The Balaban J connectivity index is 2.36. The van der Waals surface area contributed by atoms with Crippen LogP contribution in [0, 0.1) is 0 Å². The van der Waals surface area contributed by atoms with Crippen LogP contribution in [0.25, 0.3) is 0 Å². The fourth-order valence-electron chi connectivity index (χ4n) is 1.36. The SMILES string of the molecule is NC(N)=NCCC[C@H](N)C(=O)Oc1ccc(N)cc1. The number of carbonyl (C=O) groups excluding carboxylic acids is 1. The molecule has 8 N–H and O–H groups in total. The number of anilines is 1. The Morgan fingerprint density at radius 2 is 1.89 bits per heavy atom. The molecule has 0 amide bonds. The predicted molar refractivity (Wildman–Crippen MR) is 74.4 cm³/mol. The van der Waals surface area contributed by atoms with Crippen LogP contribution in [0.4, 0.5) is 5.69 Å². The van der Waals surface area contributed by atoms with Gasteiger partial charge in [0, 0.05) is 12.2 Å². The van der Waals surface area contributed by atoms with Crippen molar-refractivity contribution in [3.8, 4) is 5.75 Å². The Bertz CT molecular complexity index is 440. The molecule has 1 aromatic rings. The molecular weight excluding hydrogens is 246 g/mol. The van der Waals surface area contributed by atoms with Crippen molar-refractivity contribution in [3.05, 3.63) is 24.3 Å². The number of hydrogen-bond acceptors (Lipinski definition) is 5. The molecule has 0 radical (unpaired) electrons. The number of rotatable bonds is 6. The Morgan fingerprint density at radius 3 is 2.47 bits per heavy atom. The van der Waals surface area contributed by atoms with Gasteiger partial charge in [-0.3, -0.25) is 4.99 Å². The Labute approximate surface area is 111 Å². The fraction of sp³-hybridized carbons (Fsp3) is 0.333. The molecular formula is C12H19N5O2. The Morgan fingerprint density at radius 1 is 1.26 bits per heavy atom. The predicted octanol–water partition coefficient (Wildman–Crippen LogP) is -0.445. The Kier molecular flexibility index (Phi) is 5.62. The smallest absolute Gasteiger partial charge is 0.328 e. The lowest BCUT2D eigenvalue weighted by molar-refractivity contribution is -0.136. The number of benzene rings is 1. The summed E-state index contributed by atoms with van der Waals surface area (Å²) in [7, 11) is 0. The summed E-state index contributed by atoms with van der Waals surface area (Å²) in [6.45, 7) is 0.436. The lowest BCUT2D eigenvalue weighted by atomic mass is 10.2. The summed E-state index contributed by atoms with van der Waals surface area (Å²) in [6.07, 6.45) is 1.06. The van der Waals surface area contributed by atoms with Gasteiger partial charge in [0.15, 0.2) is 5.96 Å². The number of carbonyl (C=O) groups is 1. The lowest BCUT2D eigenvalue weighted by Gasteiger charge is -2.10. The van der Waals surface area contributed by atoms with Crippen LogP contribution < -0.4 is 27.7 Å². The van der Waals surface area contributed by atoms with Gasteiger partial charge in [-0.25, -0.2) is 4.79 Å². The summed E-state index contributed by atoms with van der Waals surface area (Å²) >= 11 is 0. The third-order valence-electron chi connectivity index (χ3n) is 2.37. The summed E-state index contributed by atoms with van der Waals surface area (Å²) in [4.78, 5) is 15.5. The van der Waals surface area contributed by atoms with Gasteiger partial charge in [0.25, 0.3) is 0 Å². The Hall–Kier alpha value is -2.28. The van der Waals surface area contributed by atoms with E-state index in [1.165, 1.54) is 0 Å². The summed E-state index contributed by atoms with van der Waals surface area (Å²) in [5.41, 5.74) is 22.2. The highest BCUT2D eigenvalue weighted by Gasteiger charge is 2.15. The molecule has 1 aromatic carbocycles. The van der Waals surface area contributed by atoms with Crippen LogP contribution in [0.3, 0.4) is 0 Å². The van der Waals surface area contributed by atoms with E-state index in [0.29, 0.717) is 30.8 Å². The van der Waals surface area contributed by atoms with Crippen molar-refractivity contribution >= 4 is 17.6 Å². The molecule has 0 aliphatic heterocycles. The third kappa shape index (κ3) is 5.73. The second-order valence-corrected chi connectivity index (χ2v) is 4.05. The molecule has 19 heavy (non-hydrogen) atoms. The van der Waals surface area contributed by atoms with Crippen LogP contribution in [-0.2, 0) is 4.79 Å². The highest BCUT2D eigenvalue weighted by molar-refractivity contribution is 5.78.